The number of hydrogen-bond donors (Lipinski definition) is 0. The third-order valence-electron chi connectivity index (χ3n) is 8.70. The van der Waals surface area contributed by atoms with Gasteiger partial charge in [-0.15, -0.1) is 0 Å². The molecule has 0 saturated heterocycles. The lowest BCUT2D eigenvalue weighted by Crippen LogP contribution is -2.27. The molecule has 4 nitrogen and oxygen atoms in total. The average Bonchev–Trinajstić information content (AvgIpc) is 3.01. The van der Waals surface area contributed by atoms with Gasteiger partial charge in [0.15, 0.2) is 0 Å². The van der Waals surface area contributed by atoms with Crippen LogP contribution in [0.25, 0.3) is 0 Å². The fourth-order valence-electron chi connectivity index (χ4n) is 4.88. The summed E-state index contributed by atoms with van der Waals surface area (Å²) < 4.78 is 11.2. The molecule has 218 valence electrons. The number of esters is 2. The smallest absolute Gasteiger partial charge is 0.343 e. The zero-order valence-electron chi connectivity index (χ0n) is 25.9. The summed E-state index contributed by atoms with van der Waals surface area (Å²) in [5, 5.41) is 0. The first kappa shape index (κ1) is 30.8. The van der Waals surface area contributed by atoms with Gasteiger partial charge >= 0.3 is 11.9 Å². The van der Waals surface area contributed by atoms with Crippen LogP contribution < -0.4 is 4.74 Å². The van der Waals surface area contributed by atoms with Crippen molar-refractivity contribution in [1.82, 2.24) is 0 Å². The van der Waals surface area contributed by atoms with E-state index in [9.17, 15) is 9.59 Å². The van der Waals surface area contributed by atoms with E-state index in [1.807, 2.05) is 51.1 Å². The quantitative estimate of drug-likeness (QED) is 0.110. The molecule has 0 saturated carbocycles. The highest BCUT2D eigenvalue weighted by molar-refractivity contribution is 5.94. The van der Waals surface area contributed by atoms with E-state index in [1.165, 1.54) is 16.7 Å². The summed E-state index contributed by atoms with van der Waals surface area (Å²) in [6, 6.07) is 33.5. The van der Waals surface area contributed by atoms with Crippen molar-refractivity contribution in [3.05, 3.63) is 137 Å². The van der Waals surface area contributed by atoms with Crippen LogP contribution in [-0.2, 0) is 15.6 Å². The van der Waals surface area contributed by atoms with Gasteiger partial charge in [-0.25, -0.2) is 9.59 Å². The van der Waals surface area contributed by atoms with Crippen LogP contribution in [0.1, 0.15) is 104 Å². The van der Waals surface area contributed by atoms with E-state index in [4.69, 9.17) is 9.47 Å². The summed E-state index contributed by atoms with van der Waals surface area (Å²) in [6.45, 7) is 14.7. The molecule has 0 N–H and O–H groups in total. The predicted molar refractivity (Wildman–Crippen MR) is 169 cm³/mol. The normalized spacial score (nSPS) is 13.2. The standard InChI is InChI=1S/C38H42O4/c1-8-36(3,4)29-19-21-31(22-20-29)38(7,30-13-11-10-12-14-30)32-23-25-33(26-24-32)41-34(39)27-15-17-28(18-16-27)35(40)42-37(5,6)9-2/h10-26H,8-9H2,1-7H3. The van der Waals surface area contributed by atoms with Gasteiger partial charge in [0.05, 0.1) is 11.1 Å². The van der Waals surface area contributed by atoms with Crippen LogP contribution in [0.15, 0.2) is 103 Å². The summed E-state index contributed by atoms with van der Waals surface area (Å²) in [4.78, 5) is 25.3. The maximum atomic E-state index is 12.9. The van der Waals surface area contributed by atoms with Crippen LogP contribution in [0, 0.1) is 0 Å². The molecule has 0 spiro atoms. The molecular formula is C38H42O4. The molecular weight excluding hydrogens is 520 g/mol. The Balaban J connectivity index is 1.55. The first-order valence-electron chi connectivity index (χ1n) is 14.7. The topological polar surface area (TPSA) is 52.6 Å². The first-order chi connectivity index (χ1) is 19.9. The summed E-state index contributed by atoms with van der Waals surface area (Å²) in [7, 11) is 0. The Morgan fingerprint density at radius 2 is 1.00 bits per heavy atom. The Morgan fingerprint density at radius 3 is 1.50 bits per heavy atom. The van der Waals surface area contributed by atoms with E-state index in [0.717, 1.165) is 12.0 Å². The Morgan fingerprint density at radius 1 is 0.548 bits per heavy atom. The van der Waals surface area contributed by atoms with Gasteiger partial charge in [-0.3, -0.25) is 0 Å². The zero-order chi connectivity index (χ0) is 30.5. The second kappa shape index (κ2) is 12.4. The molecule has 4 heteroatoms. The third-order valence-corrected chi connectivity index (χ3v) is 8.70. The molecule has 4 rings (SSSR count). The van der Waals surface area contributed by atoms with Crippen molar-refractivity contribution in [2.24, 2.45) is 0 Å². The van der Waals surface area contributed by atoms with Crippen molar-refractivity contribution in [3.8, 4) is 5.75 Å². The summed E-state index contributed by atoms with van der Waals surface area (Å²) in [5.74, 6) is -0.452. The van der Waals surface area contributed by atoms with Crippen LogP contribution in [0.5, 0.6) is 5.75 Å². The lowest BCUT2D eigenvalue weighted by molar-refractivity contribution is -0.00246. The molecule has 0 bridgehead atoms. The number of benzene rings is 4. The van der Waals surface area contributed by atoms with Crippen LogP contribution in [0.3, 0.4) is 0 Å². The molecule has 0 heterocycles. The van der Waals surface area contributed by atoms with Gasteiger partial charge in [-0.1, -0.05) is 94.4 Å². The minimum absolute atomic E-state index is 0.114. The highest BCUT2D eigenvalue weighted by atomic mass is 16.6. The molecule has 0 aliphatic heterocycles. The highest BCUT2D eigenvalue weighted by Crippen LogP contribution is 2.40. The largest absolute Gasteiger partial charge is 0.456 e. The molecule has 0 aliphatic carbocycles. The molecule has 1 atom stereocenters. The van der Waals surface area contributed by atoms with Crippen molar-refractivity contribution >= 4 is 11.9 Å². The minimum atomic E-state index is -0.549. The lowest BCUT2D eigenvalue weighted by atomic mass is 9.70. The van der Waals surface area contributed by atoms with Crippen LogP contribution in [0.2, 0.25) is 0 Å². The van der Waals surface area contributed by atoms with Gasteiger partial charge in [-0.05, 0) is 97.7 Å². The Labute approximate surface area is 250 Å². The Bertz CT molecular complexity index is 1500. The van der Waals surface area contributed by atoms with E-state index < -0.39 is 23.0 Å². The predicted octanol–water partition coefficient (Wildman–Crippen LogP) is 9.29. The fraction of sp³-hybridized carbons (Fsp3) is 0.316. The van der Waals surface area contributed by atoms with E-state index in [0.29, 0.717) is 23.3 Å². The van der Waals surface area contributed by atoms with E-state index in [1.54, 1.807) is 24.3 Å². The molecule has 0 radical (unpaired) electrons. The summed E-state index contributed by atoms with van der Waals surface area (Å²) in [5.41, 5.74) is 4.69. The molecule has 42 heavy (non-hydrogen) atoms. The van der Waals surface area contributed by atoms with Crippen LogP contribution in [0.4, 0.5) is 0 Å². The monoisotopic (exact) mass is 562 g/mol. The minimum Gasteiger partial charge on any atom is -0.456 e. The zero-order valence-corrected chi connectivity index (χ0v) is 25.9. The van der Waals surface area contributed by atoms with Gasteiger partial charge < -0.3 is 9.47 Å². The molecule has 0 aromatic heterocycles. The molecule has 0 fully saturated rings. The van der Waals surface area contributed by atoms with Gasteiger partial charge in [0.1, 0.15) is 11.4 Å². The number of hydrogen-bond acceptors (Lipinski definition) is 4. The Kier molecular flexibility index (Phi) is 9.06. The summed E-state index contributed by atoms with van der Waals surface area (Å²) in [6.07, 6.45) is 1.77. The van der Waals surface area contributed by atoms with E-state index in [-0.39, 0.29) is 5.41 Å². The van der Waals surface area contributed by atoms with Crippen molar-refractivity contribution in [1.29, 1.82) is 0 Å². The SMILES string of the molecule is CCC(C)(C)OC(=O)c1ccc(C(=O)Oc2ccc(C(C)(c3ccccc3)c3ccc(C(C)(C)CC)cc3)cc2)cc1. The fourth-order valence-corrected chi connectivity index (χ4v) is 4.88. The maximum absolute atomic E-state index is 12.9. The second-order valence-electron chi connectivity index (χ2n) is 12.3. The van der Waals surface area contributed by atoms with Crippen molar-refractivity contribution < 1.29 is 19.1 Å². The van der Waals surface area contributed by atoms with E-state index >= 15 is 0 Å². The van der Waals surface area contributed by atoms with Crippen LogP contribution in [-0.4, -0.2) is 17.5 Å². The molecule has 1 unspecified atom stereocenters. The van der Waals surface area contributed by atoms with Gasteiger partial charge in [0.25, 0.3) is 0 Å². The first-order valence-corrected chi connectivity index (χ1v) is 14.7. The number of rotatable bonds is 10. The van der Waals surface area contributed by atoms with Crippen LogP contribution >= 0.6 is 0 Å². The molecule has 4 aromatic carbocycles. The number of carbonyl (C=O) groups excluding carboxylic acids is 2. The summed E-state index contributed by atoms with van der Waals surface area (Å²) >= 11 is 0. The highest BCUT2D eigenvalue weighted by Gasteiger charge is 2.32. The van der Waals surface area contributed by atoms with Crippen molar-refractivity contribution in [3.63, 3.8) is 0 Å². The molecule has 4 aromatic rings. The average molecular weight is 563 g/mol. The van der Waals surface area contributed by atoms with Crippen molar-refractivity contribution in [2.45, 2.75) is 77.7 Å². The lowest BCUT2D eigenvalue weighted by Gasteiger charge is -2.33. The third kappa shape index (κ3) is 6.65. The number of carbonyl (C=O) groups is 2. The second-order valence-corrected chi connectivity index (χ2v) is 12.3. The Hall–Kier alpha value is -4.18. The maximum Gasteiger partial charge on any atom is 0.343 e. The van der Waals surface area contributed by atoms with E-state index in [2.05, 4.69) is 76.2 Å². The number of ether oxygens (including phenoxy) is 2. The van der Waals surface area contributed by atoms with Gasteiger partial charge in [-0.2, -0.15) is 0 Å². The molecule has 0 aliphatic rings. The van der Waals surface area contributed by atoms with Gasteiger partial charge in [0, 0.05) is 5.41 Å². The molecule has 0 amide bonds. The van der Waals surface area contributed by atoms with Crippen molar-refractivity contribution in [2.75, 3.05) is 0 Å². The van der Waals surface area contributed by atoms with Gasteiger partial charge in [0.2, 0.25) is 0 Å².